The normalized spacial score (nSPS) is 15.7. The van der Waals surface area contributed by atoms with Gasteiger partial charge in [-0.2, -0.15) is 0 Å². The van der Waals surface area contributed by atoms with Crippen LogP contribution in [0.2, 0.25) is 0 Å². The molecule has 0 atom stereocenters. The molecule has 1 aromatic carbocycles. The van der Waals surface area contributed by atoms with Crippen LogP contribution in [0.1, 0.15) is 29.6 Å². The minimum absolute atomic E-state index is 0.223. The molecule has 0 radical (unpaired) electrons. The van der Waals surface area contributed by atoms with Gasteiger partial charge in [0.2, 0.25) is 0 Å². The number of ketones is 1. The number of fused-ring (bicyclic) bond motifs is 1. The maximum Gasteiger partial charge on any atom is 0.168 e. The van der Waals surface area contributed by atoms with Gasteiger partial charge in [-0.3, -0.25) is 4.79 Å². The molecular formula is C15H17NO2. The van der Waals surface area contributed by atoms with E-state index in [0.29, 0.717) is 0 Å². The Morgan fingerprint density at radius 2 is 2.17 bits per heavy atom. The first kappa shape index (κ1) is 11.3. The average Bonchev–Trinajstić information content (AvgIpc) is 2.65. The Labute approximate surface area is 106 Å². The van der Waals surface area contributed by atoms with Crippen molar-refractivity contribution in [2.45, 2.75) is 19.3 Å². The van der Waals surface area contributed by atoms with Crippen LogP contribution in [0.3, 0.4) is 0 Å². The predicted octanol–water partition coefficient (Wildman–Crippen LogP) is 3.17. The van der Waals surface area contributed by atoms with Crippen molar-refractivity contribution in [3.05, 3.63) is 30.0 Å². The van der Waals surface area contributed by atoms with Crippen molar-refractivity contribution in [3.8, 4) is 5.75 Å². The van der Waals surface area contributed by atoms with E-state index in [-0.39, 0.29) is 11.7 Å². The Kier molecular flexibility index (Phi) is 2.62. The Bertz CT molecular complexity index is 608. The summed E-state index contributed by atoms with van der Waals surface area (Å²) in [6, 6.07) is 5.90. The molecule has 0 spiro atoms. The molecular weight excluding hydrogens is 226 g/mol. The highest BCUT2D eigenvalue weighted by molar-refractivity contribution is 6.11. The van der Waals surface area contributed by atoms with Gasteiger partial charge in [0.25, 0.3) is 0 Å². The van der Waals surface area contributed by atoms with Crippen molar-refractivity contribution in [2.75, 3.05) is 7.11 Å². The lowest BCUT2D eigenvalue weighted by molar-refractivity contribution is 0.0856. The highest BCUT2D eigenvalue weighted by Crippen LogP contribution is 2.36. The van der Waals surface area contributed by atoms with Crippen LogP contribution in [0.15, 0.2) is 24.4 Å². The largest absolute Gasteiger partial charge is 0.496 e. The van der Waals surface area contributed by atoms with Gasteiger partial charge in [-0.15, -0.1) is 0 Å². The van der Waals surface area contributed by atoms with Gasteiger partial charge in [0.05, 0.1) is 18.0 Å². The van der Waals surface area contributed by atoms with E-state index in [4.69, 9.17) is 4.74 Å². The number of methoxy groups -OCH3 is 1. The van der Waals surface area contributed by atoms with Gasteiger partial charge in [-0.25, -0.2) is 0 Å². The quantitative estimate of drug-likeness (QED) is 0.775. The molecule has 0 saturated heterocycles. The predicted molar refractivity (Wildman–Crippen MR) is 71.1 cm³/mol. The standard InChI is InChI=1S/C15H17NO2/c1-16-9-11(15(17)10-5-3-6-10)14-12(16)7-4-8-13(14)18-2/h4,7-10H,3,5-6H2,1-2H3. The summed E-state index contributed by atoms with van der Waals surface area (Å²) < 4.78 is 7.40. The molecule has 0 amide bonds. The van der Waals surface area contributed by atoms with E-state index in [2.05, 4.69) is 0 Å². The van der Waals surface area contributed by atoms with Gasteiger partial charge in [0, 0.05) is 24.7 Å². The van der Waals surface area contributed by atoms with Crippen molar-refractivity contribution in [1.82, 2.24) is 4.57 Å². The summed E-state index contributed by atoms with van der Waals surface area (Å²) >= 11 is 0. The lowest BCUT2D eigenvalue weighted by Gasteiger charge is -2.23. The van der Waals surface area contributed by atoms with E-state index in [1.165, 1.54) is 6.42 Å². The van der Waals surface area contributed by atoms with Crippen LogP contribution in [-0.2, 0) is 7.05 Å². The summed E-state index contributed by atoms with van der Waals surface area (Å²) in [6.07, 6.45) is 5.18. The smallest absolute Gasteiger partial charge is 0.168 e. The third kappa shape index (κ3) is 1.54. The van der Waals surface area contributed by atoms with E-state index in [1.54, 1.807) is 7.11 Å². The molecule has 3 heteroatoms. The second-order valence-electron chi connectivity index (χ2n) is 5.00. The fraction of sp³-hybridized carbons (Fsp3) is 0.400. The molecule has 1 aliphatic rings. The molecule has 3 rings (SSSR count). The molecule has 1 heterocycles. The number of hydrogen-bond donors (Lipinski definition) is 0. The fourth-order valence-corrected chi connectivity index (χ4v) is 2.66. The molecule has 18 heavy (non-hydrogen) atoms. The van der Waals surface area contributed by atoms with Crippen molar-refractivity contribution >= 4 is 16.7 Å². The van der Waals surface area contributed by atoms with E-state index >= 15 is 0 Å². The second-order valence-corrected chi connectivity index (χ2v) is 5.00. The third-order valence-corrected chi connectivity index (χ3v) is 3.94. The zero-order chi connectivity index (χ0) is 12.7. The van der Waals surface area contributed by atoms with Crippen LogP contribution < -0.4 is 4.74 Å². The Morgan fingerprint density at radius 3 is 2.78 bits per heavy atom. The summed E-state index contributed by atoms with van der Waals surface area (Å²) in [5.74, 6) is 1.28. The number of benzene rings is 1. The van der Waals surface area contributed by atoms with Crippen LogP contribution in [0.25, 0.3) is 10.9 Å². The molecule has 2 aromatic rings. The third-order valence-electron chi connectivity index (χ3n) is 3.94. The summed E-state index contributed by atoms with van der Waals surface area (Å²) in [4.78, 5) is 12.5. The average molecular weight is 243 g/mol. The number of ether oxygens (including phenoxy) is 1. The van der Waals surface area contributed by atoms with Crippen LogP contribution in [-0.4, -0.2) is 17.5 Å². The molecule has 1 aliphatic carbocycles. The summed E-state index contributed by atoms with van der Waals surface area (Å²) in [5, 5.41) is 0.958. The minimum Gasteiger partial charge on any atom is -0.496 e. The minimum atomic E-state index is 0.223. The van der Waals surface area contributed by atoms with Gasteiger partial charge in [-0.1, -0.05) is 12.5 Å². The molecule has 1 fully saturated rings. The molecule has 0 bridgehead atoms. The maximum atomic E-state index is 12.5. The Hall–Kier alpha value is -1.77. The Morgan fingerprint density at radius 1 is 1.39 bits per heavy atom. The Balaban J connectivity index is 2.19. The van der Waals surface area contributed by atoms with Crippen molar-refractivity contribution in [3.63, 3.8) is 0 Å². The van der Waals surface area contributed by atoms with E-state index in [9.17, 15) is 4.79 Å². The van der Waals surface area contributed by atoms with Crippen molar-refractivity contribution in [1.29, 1.82) is 0 Å². The number of rotatable bonds is 3. The summed E-state index contributed by atoms with van der Waals surface area (Å²) in [7, 11) is 3.62. The number of hydrogen-bond acceptors (Lipinski definition) is 2. The topological polar surface area (TPSA) is 31.2 Å². The first-order valence-electron chi connectivity index (χ1n) is 6.38. The van der Waals surface area contributed by atoms with Crippen LogP contribution in [0.4, 0.5) is 0 Å². The van der Waals surface area contributed by atoms with Crippen molar-refractivity contribution < 1.29 is 9.53 Å². The summed E-state index contributed by atoms with van der Waals surface area (Å²) in [6.45, 7) is 0. The number of aryl methyl sites for hydroxylation is 1. The van der Waals surface area contributed by atoms with E-state index < -0.39 is 0 Å². The molecule has 1 saturated carbocycles. The fourth-order valence-electron chi connectivity index (χ4n) is 2.66. The van der Waals surface area contributed by atoms with Gasteiger partial charge in [0.1, 0.15) is 5.75 Å². The number of aromatic nitrogens is 1. The molecule has 0 N–H and O–H groups in total. The van der Waals surface area contributed by atoms with E-state index in [1.807, 2.05) is 36.0 Å². The van der Waals surface area contributed by atoms with Gasteiger partial charge in [0.15, 0.2) is 5.78 Å². The molecule has 0 aliphatic heterocycles. The molecule has 1 aromatic heterocycles. The lowest BCUT2D eigenvalue weighted by Crippen LogP contribution is -2.21. The second kappa shape index (κ2) is 4.16. The number of carbonyl (C=O) groups is 1. The van der Waals surface area contributed by atoms with E-state index in [0.717, 1.165) is 35.1 Å². The molecule has 94 valence electrons. The molecule has 3 nitrogen and oxygen atoms in total. The number of Topliss-reactive ketones (excluding diaryl/α,β-unsaturated/α-hetero) is 1. The van der Waals surface area contributed by atoms with Crippen LogP contribution >= 0.6 is 0 Å². The van der Waals surface area contributed by atoms with Crippen molar-refractivity contribution in [2.24, 2.45) is 13.0 Å². The number of nitrogens with zero attached hydrogens (tertiary/aromatic N) is 1. The number of carbonyl (C=O) groups excluding carboxylic acids is 1. The maximum absolute atomic E-state index is 12.5. The van der Waals surface area contributed by atoms with Gasteiger partial charge >= 0.3 is 0 Å². The van der Waals surface area contributed by atoms with Crippen LogP contribution in [0, 0.1) is 5.92 Å². The first-order valence-corrected chi connectivity index (χ1v) is 6.38. The SMILES string of the molecule is COc1cccc2c1c(C(=O)C1CCC1)cn2C. The molecule has 0 unspecified atom stereocenters. The summed E-state index contributed by atoms with van der Waals surface area (Å²) in [5.41, 5.74) is 1.87. The van der Waals surface area contributed by atoms with Gasteiger partial charge in [-0.05, 0) is 25.0 Å². The van der Waals surface area contributed by atoms with Gasteiger partial charge < -0.3 is 9.30 Å². The highest BCUT2D eigenvalue weighted by atomic mass is 16.5. The highest BCUT2D eigenvalue weighted by Gasteiger charge is 2.29. The zero-order valence-electron chi connectivity index (χ0n) is 10.8. The zero-order valence-corrected chi connectivity index (χ0v) is 10.8. The van der Waals surface area contributed by atoms with Crippen LogP contribution in [0.5, 0.6) is 5.75 Å². The monoisotopic (exact) mass is 243 g/mol. The first-order chi connectivity index (χ1) is 8.72. The lowest BCUT2D eigenvalue weighted by atomic mass is 9.80.